The first kappa shape index (κ1) is 15.1. The van der Waals surface area contributed by atoms with E-state index in [1.165, 1.54) is 25.9 Å². The molecule has 21 heavy (non-hydrogen) atoms. The van der Waals surface area contributed by atoms with Gasteiger partial charge in [0.15, 0.2) is 0 Å². The average Bonchev–Trinajstić information content (AvgIpc) is 2.50. The molecule has 3 aliphatic heterocycles. The van der Waals surface area contributed by atoms with E-state index in [9.17, 15) is 0 Å². The lowest BCUT2D eigenvalue weighted by Crippen LogP contribution is -2.42. The van der Waals surface area contributed by atoms with Crippen LogP contribution in [0.15, 0.2) is 24.2 Å². The molecule has 0 aliphatic carbocycles. The molecule has 0 radical (unpaired) electrons. The second kappa shape index (κ2) is 6.94. The molecular formula is C14H17N3O4. The van der Waals surface area contributed by atoms with E-state index in [4.69, 9.17) is 19.8 Å². The van der Waals surface area contributed by atoms with E-state index in [-0.39, 0.29) is 0 Å². The molecule has 0 amide bonds. The summed E-state index contributed by atoms with van der Waals surface area (Å²) in [7, 11) is 0. The Morgan fingerprint density at radius 3 is 2.29 bits per heavy atom. The van der Waals surface area contributed by atoms with Gasteiger partial charge in [-0.15, -0.1) is 0 Å². The van der Waals surface area contributed by atoms with Crippen LogP contribution < -0.4 is 0 Å². The smallest absolute Gasteiger partial charge is 0.414 e. The molecule has 112 valence electrons. The third-order valence-electron chi connectivity index (χ3n) is 3.62. The minimum atomic E-state index is -1.82. The molecule has 7 heteroatoms. The maximum absolute atomic E-state index is 9.10. The van der Waals surface area contributed by atoms with E-state index in [0.717, 1.165) is 18.2 Å². The molecule has 4 rings (SSSR count). The van der Waals surface area contributed by atoms with Crippen molar-refractivity contribution in [2.45, 2.75) is 12.8 Å². The number of aliphatic carboxylic acids is 2. The van der Waals surface area contributed by atoms with Gasteiger partial charge in [-0.1, -0.05) is 5.57 Å². The Morgan fingerprint density at radius 2 is 1.86 bits per heavy atom. The van der Waals surface area contributed by atoms with Gasteiger partial charge in [0, 0.05) is 18.9 Å². The van der Waals surface area contributed by atoms with Gasteiger partial charge in [0.2, 0.25) is 0 Å². The lowest BCUT2D eigenvalue weighted by Gasteiger charge is -2.41. The topological polar surface area (TPSA) is 104 Å². The summed E-state index contributed by atoms with van der Waals surface area (Å²) in [4.78, 5) is 29.1. The molecule has 3 aliphatic rings. The van der Waals surface area contributed by atoms with Gasteiger partial charge >= 0.3 is 11.9 Å². The van der Waals surface area contributed by atoms with Gasteiger partial charge in [0.25, 0.3) is 0 Å². The summed E-state index contributed by atoms with van der Waals surface area (Å²) in [5.41, 5.74) is 2.55. The summed E-state index contributed by atoms with van der Waals surface area (Å²) < 4.78 is 0. The van der Waals surface area contributed by atoms with Crippen molar-refractivity contribution in [1.82, 2.24) is 14.9 Å². The molecule has 3 saturated heterocycles. The van der Waals surface area contributed by atoms with Crippen molar-refractivity contribution in [2.75, 3.05) is 19.6 Å². The SMILES string of the molecule is C(=C1\CN2CCC1CC2)/c1cnccn1.O=C(O)C(=O)O. The van der Waals surface area contributed by atoms with Crippen LogP contribution in [0.1, 0.15) is 18.5 Å². The second-order valence-electron chi connectivity index (χ2n) is 5.01. The summed E-state index contributed by atoms with van der Waals surface area (Å²) in [5.74, 6) is -2.85. The lowest BCUT2D eigenvalue weighted by atomic mass is 9.83. The Kier molecular flexibility index (Phi) is 4.99. The number of fused-ring (bicyclic) bond motifs is 3. The fraction of sp³-hybridized carbons (Fsp3) is 0.429. The normalized spacial score (nSPS) is 25.0. The van der Waals surface area contributed by atoms with Crippen molar-refractivity contribution in [3.05, 3.63) is 29.9 Å². The number of carboxylic acids is 2. The van der Waals surface area contributed by atoms with E-state index in [0.29, 0.717) is 0 Å². The Morgan fingerprint density at radius 1 is 1.19 bits per heavy atom. The molecule has 3 fully saturated rings. The summed E-state index contributed by atoms with van der Waals surface area (Å²) >= 11 is 0. The van der Waals surface area contributed by atoms with Crippen molar-refractivity contribution in [1.29, 1.82) is 0 Å². The van der Waals surface area contributed by atoms with Crippen molar-refractivity contribution < 1.29 is 19.8 Å². The standard InChI is InChI=1S/C12H15N3.C2H2O4/c1-5-15-6-2-10(1)11(9-15)7-12-8-13-3-4-14-12;3-1(4)2(5)6/h3-4,7-8,10H,1-2,5-6,9H2;(H,3,4)(H,5,6)/b11-7-;. The highest BCUT2D eigenvalue weighted by molar-refractivity contribution is 6.27. The van der Waals surface area contributed by atoms with Gasteiger partial charge in [-0.2, -0.15) is 0 Å². The first-order valence-electron chi connectivity index (χ1n) is 6.71. The van der Waals surface area contributed by atoms with Gasteiger partial charge in [-0.05, 0) is 37.9 Å². The zero-order chi connectivity index (χ0) is 15.2. The molecule has 0 unspecified atom stereocenters. The van der Waals surface area contributed by atoms with Crippen molar-refractivity contribution in [3.63, 3.8) is 0 Å². The molecule has 1 aromatic rings. The van der Waals surface area contributed by atoms with Gasteiger partial charge in [-0.25, -0.2) is 9.59 Å². The number of hydrogen-bond acceptors (Lipinski definition) is 5. The number of nitrogens with zero attached hydrogens (tertiary/aromatic N) is 3. The molecule has 0 spiro atoms. The fourth-order valence-corrected chi connectivity index (χ4v) is 2.59. The molecule has 0 aromatic carbocycles. The maximum atomic E-state index is 9.10. The van der Waals surface area contributed by atoms with E-state index in [2.05, 4.69) is 20.9 Å². The molecule has 2 N–H and O–H groups in total. The molecule has 0 atom stereocenters. The summed E-state index contributed by atoms with van der Waals surface area (Å²) in [6.45, 7) is 3.70. The van der Waals surface area contributed by atoms with Crippen LogP contribution in [0.5, 0.6) is 0 Å². The number of carbonyl (C=O) groups is 2. The first-order valence-corrected chi connectivity index (χ1v) is 6.71. The molecule has 1 aromatic heterocycles. The van der Waals surface area contributed by atoms with Crippen LogP contribution >= 0.6 is 0 Å². The zero-order valence-electron chi connectivity index (χ0n) is 11.5. The molecule has 0 saturated carbocycles. The van der Waals surface area contributed by atoms with Gasteiger partial charge in [-0.3, -0.25) is 14.9 Å². The van der Waals surface area contributed by atoms with Crippen LogP contribution in [0.25, 0.3) is 6.08 Å². The first-order chi connectivity index (χ1) is 10.1. The number of carboxylic acid groups (broad SMARTS) is 2. The largest absolute Gasteiger partial charge is 0.473 e. The third kappa shape index (κ3) is 4.35. The van der Waals surface area contributed by atoms with Crippen LogP contribution in [-0.2, 0) is 9.59 Å². The highest BCUT2D eigenvalue weighted by Crippen LogP contribution is 2.32. The fourth-order valence-electron chi connectivity index (χ4n) is 2.59. The third-order valence-corrected chi connectivity index (χ3v) is 3.62. The van der Waals surface area contributed by atoms with Gasteiger partial charge in [0.05, 0.1) is 11.9 Å². The predicted molar refractivity (Wildman–Crippen MR) is 74.4 cm³/mol. The highest BCUT2D eigenvalue weighted by atomic mass is 16.4. The number of hydrogen-bond donors (Lipinski definition) is 2. The lowest BCUT2D eigenvalue weighted by molar-refractivity contribution is -0.159. The Hall–Kier alpha value is -2.28. The van der Waals surface area contributed by atoms with Crippen molar-refractivity contribution in [3.8, 4) is 0 Å². The van der Waals surface area contributed by atoms with Gasteiger partial charge in [0.1, 0.15) is 0 Å². The Bertz CT molecular complexity index is 524. The summed E-state index contributed by atoms with van der Waals surface area (Å²) in [5, 5.41) is 14.8. The summed E-state index contributed by atoms with van der Waals surface area (Å²) in [6, 6.07) is 0. The van der Waals surface area contributed by atoms with Crippen molar-refractivity contribution in [2.24, 2.45) is 5.92 Å². The average molecular weight is 291 g/mol. The van der Waals surface area contributed by atoms with E-state index < -0.39 is 11.9 Å². The Balaban J connectivity index is 0.000000232. The van der Waals surface area contributed by atoms with E-state index >= 15 is 0 Å². The zero-order valence-corrected chi connectivity index (χ0v) is 11.5. The molecule has 2 bridgehead atoms. The van der Waals surface area contributed by atoms with Crippen LogP contribution in [-0.4, -0.2) is 56.7 Å². The van der Waals surface area contributed by atoms with Crippen LogP contribution in [0.3, 0.4) is 0 Å². The predicted octanol–water partition coefficient (Wildman–Crippen LogP) is 0.741. The quantitative estimate of drug-likeness (QED) is 0.735. The van der Waals surface area contributed by atoms with E-state index in [1.807, 2.05) is 6.20 Å². The van der Waals surface area contributed by atoms with Crippen LogP contribution in [0.4, 0.5) is 0 Å². The molecular weight excluding hydrogens is 274 g/mol. The van der Waals surface area contributed by atoms with Crippen LogP contribution in [0.2, 0.25) is 0 Å². The number of rotatable bonds is 1. The van der Waals surface area contributed by atoms with Gasteiger partial charge < -0.3 is 10.2 Å². The van der Waals surface area contributed by atoms with E-state index in [1.54, 1.807) is 18.0 Å². The molecule has 7 nitrogen and oxygen atoms in total. The summed E-state index contributed by atoms with van der Waals surface area (Å²) in [6.07, 6.45) is 10.2. The minimum Gasteiger partial charge on any atom is -0.473 e. The van der Waals surface area contributed by atoms with Crippen molar-refractivity contribution >= 4 is 18.0 Å². The highest BCUT2D eigenvalue weighted by Gasteiger charge is 2.29. The number of piperidine rings is 3. The minimum absolute atomic E-state index is 0.803. The second-order valence-corrected chi connectivity index (χ2v) is 5.01. The Labute approximate surface area is 121 Å². The monoisotopic (exact) mass is 291 g/mol. The maximum Gasteiger partial charge on any atom is 0.414 e. The molecule has 4 heterocycles. The number of aromatic nitrogens is 2. The van der Waals surface area contributed by atoms with Crippen LogP contribution in [0, 0.1) is 5.92 Å².